The molecule has 0 saturated heterocycles. The van der Waals surface area contributed by atoms with Crippen LogP contribution in [0.3, 0.4) is 0 Å². The van der Waals surface area contributed by atoms with E-state index < -0.39 is 17.5 Å². The van der Waals surface area contributed by atoms with E-state index in [0.717, 1.165) is 0 Å². The first-order chi connectivity index (χ1) is 8.34. The van der Waals surface area contributed by atoms with Crippen molar-refractivity contribution in [3.8, 4) is 5.75 Å². The number of rotatable bonds is 4. The summed E-state index contributed by atoms with van der Waals surface area (Å²) in [4.78, 5) is 22.8. The molecular formula is C13H16O5. The van der Waals surface area contributed by atoms with E-state index in [2.05, 4.69) is 4.74 Å². The van der Waals surface area contributed by atoms with Crippen LogP contribution >= 0.6 is 0 Å². The minimum absolute atomic E-state index is 0.00576. The number of hydrogen-bond donors (Lipinski definition) is 1. The maximum atomic E-state index is 11.6. The molecule has 0 spiro atoms. The monoisotopic (exact) mass is 252 g/mol. The van der Waals surface area contributed by atoms with Gasteiger partial charge in [-0.15, -0.1) is 0 Å². The van der Waals surface area contributed by atoms with E-state index in [4.69, 9.17) is 4.74 Å². The normalized spacial score (nSPS) is 10.9. The first-order valence-corrected chi connectivity index (χ1v) is 5.44. The van der Waals surface area contributed by atoms with Crippen molar-refractivity contribution in [2.45, 2.75) is 25.9 Å². The summed E-state index contributed by atoms with van der Waals surface area (Å²) >= 11 is 0. The molecule has 0 aliphatic heterocycles. The Balaban J connectivity index is 2.89. The fourth-order valence-corrected chi connectivity index (χ4v) is 1.20. The smallest absolute Gasteiger partial charge is 0.342 e. The van der Waals surface area contributed by atoms with E-state index in [1.54, 1.807) is 24.3 Å². The van der Waals surface area contributed by atoms with Gasteiger partial charge in [0.05, 0.1) is 13.5 Å². The average molecular weight is 252 g/mol. The second-order valence-electron chi connectivity index (χ2n) is 4.31. The third-order valence-electron chi connectivity index (χ3n) is 2.24. The van der Waals surface area contributed by atoms with Gasteiger partial charge in [-0.3, -0.25) is 4.79 Å². The van der Waals surface area contributed by atoms with Crippen LogP contribution in [0.5, 0.6) is 5.75 Å². The number of hydrogen-bond acceptors (Lipinski definition) is 5. The zero-order valence-electron chi connectivity index (χ0n) is 10.6. The molecule has 0 heterocycles. The summed E-state index contributed by atoms with van der Waals surface area (Å²) in [5.74, 6) is -0.961. The highest BCUT2D eigenvalue weighted by molar-refractivity contribution is 5.81. The van der Waals surface area contributed by atoms with Gasteiger partial charge in [0, 0.05) is 5.56 Å². The topological polar surface area (TPSA) is 72.8 Å². The zero-order chi connectivity index (χ0) is 13.8. The highest BCUT2D eigenvalue weighted by atomic mass is 16.6. The predicted molar refractivity (Wildman–Crippen MR) is 64.1 cm³/mol. The Morgan fingerprint density at radius 2 is 1.89 bits per heavy atom. The van der Waals surface area contributed by atoms with Crippen molar-refractivity contribution < 1.29 is 24.2 Å². The van der Waals surface area contributed by atoms with Gasteiger partial charge in [0.15, 0.2) is 5.60 Å². The number of methoxy groups -OCH3 is 1. The van der Waals surface area contributed by atoms with Crippen molar-refractivity contribution in [1.29, 1.82) is 0 Å². The quantitative estimate of drug-likeness (QED) is 0.641. The van der Waals surface area contributed by atoms with Crippen LogP contribution in [0.4, 0.5) is 0 Å². The van der Waals surface area contributed by atoms with Crippen molar-refractivity contribution in [3.05, 3.63) is 29.8 Å². The second kappa shape index (κ2) is 5.64. The Labute approximate surface area is 105 Å². The fourth-order valence-electron chi connectivity index (χ4n) is 1.20. The van der Waals surface area contributed by atoms with Gasteiger partial charge in [-0.05, 0) is 19.9 Å². The Bertz CT molecular complexity index is 445. The average Bonchev–Trinajstić information content (AvgIpc) is 2.30. The van der Waals surface area contributed by atoms with Crippen LogP contribution < -0.4 is 4.74 Å². The van der Waals surface area contributed by atoms with E-state index >= 15 is 0 Å². The Kier molecular flexibility index (Phi) is 4.44. The Hall–Kier alpha value is -1.88. The number of esters is 2. The summed E-state index contributed by atoms with van der Waals surface area (Å²) in [5.41, 5.74) is -1.06. The van der Waals surface area contributed by atoms with Gasteiger partial charge in [0.25, 0.3) is 0 Å². The molecule has 0 fully saturated rings. The largest absolute Gasteiger partial charge is 0.469 e. The van der Waals surface area contributed by atoms with Gasteiger partial charge in [-0.1, -0.05) is 18.2 Å². The number of carbonyl (C=O) groups is 2. The summed E-state index contributed by atoms with van der Waals surface area (Å²) in [5, 5.41) is 9.50. The molecular weight excluding hydrogens is 236 g/mol. The minimum atomic E-state index is -1.58. The third kappa shape index (κ3) is 3.85. The van der Waals surface area contributed by atoms with Crippen LogP contribution in [0.15, 0.2) is 24.3 Å². The van der Waals surface area contributed by atoms with Gasteiger partial charge >= 0.3 is 11.9 Å². The number of ether oxygens (including phenoxy) is 2. The molecule has 0 aromatic heterocycles. The van der Waals surface area contributed by atoms with E-state index in [-0.39, 0.29) is 12.2 Å². The first kappa shape index (κ1) is 14.2. The van der Waals surface area contributed by atoms with Crippen molar-refractivity contribution in [2.75, 3.05) is 7.11 Å². The minimum Gasteiger partial charge on any atom is -0.469 e. The molecule has 0 unspecified atom stereocenters. The van der Waals surface area contributed by atoms with Crippen LogP contribution in [0.2, 0.25) is 0 Å². The first-order valence-electron chi connectivity index (χ1n) is 5.44. The van der Waals surface area contributed by atoms with E-state index in [9.17, 15) is 14.7 Å². The maximum absolute atomic E-state index is 11.6. The van der Waals surface area contributed by atoms with Crippen LogP contribution in [-0.2, 0) is 20.7 Å². The lowest BCUT2D eigenvalue weighted by Crippen LogP contribution is -2.35. The van der Waals surface area contributed by atoms with E-state index in [1.165, 1.54) is 21.0 Å². The number of benzene rings is 1. The van der Waals surface area contributed by atoms with Crippen LogP contribution in [0, 0.1) is 0 Å². The molecule has 1 N–H and O–H groups in total. The summed E-state index contributed by atoms with van der Waals surface area (Å²) in [6.07, 6.45) is 0.00576. The predicted octanol–water partition coefficient (Wildman–Crippen LogP) is 1.08. The number of aliphatic hydroxyl groups is 1. The van der Waals surface area contributed by atoms with Gasteiger partial charge in [-0.2, -0.15) is 0 Å². The van der Waals surface area contributed by atoms with Crippen molar-refractivity contribution in [3.63, 3.8) is 0 Å². The second-order valence-corrected chi connectivity index (χ2v) is 4.31. The van der Waals surface area contributed by atoms with E-state index in [0.29, 0.717) is 5.56 Å². The molecule has 0 bridgehead atoms. The molecule has 5 nitrogen and oxygen atoms in total. The molecule has 0 aliphatic rings. The highest BCUT2D eigenvalue weighted by Gasteiger charge is 2.27. The molecule has 0 radical (unpaired) electrons. The summed E-state index contributed by atoms with van der Waals surface area (Å²) < 4.78 is 9.61. The highest BCUT2D eigenvalue weighted by Crippen LogP contribution is 2.20. The molecule has 1 rings (SSSR count). The lowest BCUT2D eigenvalue weighted by Gasteiger charge is -2.16. The van der Waals surface area contributed by atoms with Crippen molar-refractivity contribution in [1.82, 2.24) is 0 Å². The van der Waals surface area contributed by atoms with Gasteiger partial charge in [0.1, 0.15) is 5.75 Å². The zero-order valence-corrected chi connectivity index (χ0v) is 10.6. The van der Waals surface area contributed by atoms with E-state index in [1.807, 2.05) is 0 Å². The standard InChI is InChI=1S/C13H16O5/c1-13(2,16)12(15)18-10-7-5-4-6-9(10)8-11(14)17-3/h4-7,16H,8H2,1-3H3. The lowest BCUT2D eigenvalue weighted by molar-refractivity contribution is -0.151. The molecule has 98 valence electrons. The Morgan fingerprint density at radius 3 is 2.44 bits per heavy atom. The third-order valence-corrected chi connectivity index (χ3v) is 2.24. The molecule has 1 aromatic rings. The molecule has 0 amide bonds. The Morgan fingerprint density at radius 1 is 1.28 bits per heavy atom. The SMILES string of the molecule is COC(=O)Cc1ccccc1OC(=O)C(C)(C)O. The van der Waals surface area contributed by atoms with Gasteiger partial charge < -0.3 is 14.6 Å². The fraction of sp³-hybridized carbons (Fsp3) is 0.385. The summed E-state index contributed by atoms with van der Waals surface area (Å²) in [7, 11) is 1.29. The number of carbonyl (C=O) groups excluding carboxylic acids is 2. The maximum Gasteiger partial charge on any atom is 0.342 e. The molecule has 5 heteroatoms. The van der Waals surface area contributed by atoms with Gasteiger partial charge in [0.2, 0.25) is 0 Å². The molecule has 0 saturated carbocycles. The van der Waals surface area contributed by atoms with Crippen LogP contribution in [0.1, 0.15) is 19.4 Å². The molecule has 0 aliphatic carbocycles. The van der Waals surface area contributed by atoms with Gasteiger partial charge in [-0.25, -0.2) is 4.79 Å². The van der Waals surface area contributed by atoms with Crippen LogP contribution in [0.25, 0.3) is 0 Å². The summed E-state index contributed by atoms with van der Waals surface area (Å²) in [6.45, 7) is 2.66. The van der Waals surface area contributed by atoms with Crippen LogP contribution in [-0.4, -0.2) is 29.8 Å². The summed E-state index contributed by atoms with van der Waals surface area (Å²) in [6, 6.07) is 6.61. The lowest BCUT2D eigenvalue weighted by atomic mass is 10.1. The molecule has 0 atom stereocenters. The molecule has 1 aromatic carbocycles. The molecule has 18 heavy (non-hydrogen) atoms. The van der Waals surface area contributed by atoms with Crippen molar-refractivity contribution in [2.24, 2.45) is 0 Å². The number of para-hydroxylation sites is 1. The van der Waals surface area contributed by atoms with Crippen molar-refractivity contribution >= 4 is 11.9 Å².